The molecular formula is C16H12N4. The Kier molecular flexibility index (Phi) is 2.39. The van der Waals surface area contributed by atoms with E-state index in [0.29, 0.717) is 0 Å². The molecule has 0 atom stereocenters. The van der Waals surface area contributed by atoms with Gasteiger partial charge in [0.2, 0.25) is 0 Å². The van der Waals surface area contributed by atoms with Crippen LogP contribution in [0.5, 0.6) is 0 Å². The van der Waals surface area contributed by atoms with Crippen LogP contribution in [0.2, 0.25) is 0 Å². The smallest absolute Gasteiger partial charge is 0.0864 e. The highest BCUT2D eigenvalue weighted by Gasteiger charge is 2.13. The first-order valence-corrected chi connectivity index (χ1v) is 6.44. The first-order chi connectivity index (χ1) is 9.92. The number of para-hydroxylation sites is 2. The van der Waals surface area contributed by atoms with E-state index in [1.165, 1.54) is 0 Å². The molecule has 2 heterocycles. The zero-order valence-electron chi connectivity index (χ0n) is 10.7. The summed E-state index contributed by atoms with van der Waals surface area (Å²) in [5.74, 6) is 0. The molecule has 0 amide bonds. The Morgan fingerprint density at radius 2 is 1.80 bits per heavy atom. The molecule has 2 N–H and O–H groups in total. The summed E-state index contributed by atoms with van der Waals surface area (Å²) in [5.41, 5.74) is 6.26. The standard InChI is InChI=1S/C16H12N4/c1-2-6-16-15(5-1)17-10-13-12(11-8-18-19-9-11)4-3-7-14(13)20-16/h1-10,20H,(H,18,19). The van der Waals surface area contributed by atoms with Crippen LogP contribution in [0.4, 0.5) is 17.1 Å². The quantitative estimate of drug-likeness (QED) is 0.545. The van der Waals surface area contributed by atoms with Crippen molar-refractivity contribution in [3.63, 3.8) is 0 Å². The molecule has 0 spiro atoms. The van der Waals surface area contributed by atoms with E-state index < -0.39 is 0 Å². The molecule has 4 heteroatoms. The lowest BCUT2D eigenvalue weighted by atomic mass is 10.0. The topological polar surface area (TPSA) is 53.1 Å². The van der Waals surface area contributed by atoms with Crippen molar-refractivity contribution in [2.45, 2.75) is 0 Å². The van der Waals surface area contributed by atoms with Crippen LogP contribution >= 0.6 is 0 Å². The highest BCUT2D eigenvalue weighted by atomic mass is 15.1. The largest absolute Gasteiger partial charge is 0.353 e. The van der Waals surface area contributed by atoms with Crippen LogP contribution in [0, 0.1) is 0 Å². The van der Waals surface area contributed by atoms with E-state index in [-0.39, 0.29) is 0 Å². The fourth-order valence-corrected chi connectivity index (χ4v) is 2.43. The second kappa shape index (κ2) is 4.35. The van der Waals surface area contributed by atoms with Crippen LogP contribution in [0.1, 0.15) is 5.56 Å². The van der Waals surface area contributed by atoms with Gasteiger partial charge in [0.25, 0.3) is 0 Å². The van der Waals surface area contributed by atoms with Crippen LogP contribution in [0.3, 0.4) is 0 Å². The van der Waals surface area contributed by atoms with Crippen molar-refractivity contribution in [2.24, 2.45) is 4.99 Å². The van der Waals surface area contributed by atoms with Gasteiger partial charge < -0.3 is 5.32 Å². The van der Waals surface area contributed by atoms with Crippen molar-refractivity contribution < 1.29 is 0 Å². The van der Waals surface area contributed by atoms with Gasteiger partial charge in [0, 0.05) is 29.2 Å². The molecule has 0 bridgehead atoms. The van der Waals surface area contributed by atoms with Gasteiger partial charge in [-0.25, -0.2) is 0 Å². The molecule has 0 fully saturated rings. The number of anilines is 2. The number of aliphatic imine (C=N–C) groups is 1. The van der Waals surface area contributed by atoms with E-state index in [2.05, 4.69) is 32.6 Å². The van der Waals surface area contributed by atoms with Gasteiger partial charge in [0.1, 0.15) is 0 Å². The summed E-state index contributed by atoms with van der Waals surface area (Å²) in [6.45, 7) is 0. The molecule has 2 aromatic carbocycles. The van der Waals surface area contributed by atoms with Gasteiger partial charge in [-0.15, -0.1) is 0 Å². The number of fused-ring (bicyclic) bond motifs is 2. The number of nitrogens with one attached hydrogen (secondary N) is 2. The monoisotopic (exact) mass is 260 g/mol. The molecule has 4 nitrogen and oxygen atoms in total. The molecule has 0 saturated heterocycles. The van der Waals surface area contributed by atoms with Crippen LogP contribution < -0.4 is 5.32 Å². The third-order valence-corrected chi connectivity index (χ3v) is 3.42. The summed E-state index contributed by atoms with van der Waals surface area (Å²) in [6.07, 6.45) is 5.62. The highest BCUT2D eigenvalue weighted by Crippen LogP contribution is 2.35. The van der Waals surface area contributed by atoms with E-state index in [4.69, 9.17) is 0 Å². The number of nitrogens with zero attached hydrogens (tertiary/aromatic N) is 2. The van der Waals surface area contributed by atoms with E-state index in [0.717, 1.165) is 33.8 Å². The molecule has 0 unspecified atom stereocenters. The molecule has 20 heavy (non-hydrogen) atoms. The Morgan fingerprint density at radius 3 is 2.70 bits per heavy atom. The molecule has 1 aromatic heterocycles. The summed E-state index contributed by atoms with van der Waals surface area (Å²) in [5, 5.41) is 10.3. The lowest BCUT2D eigenvalue weighted by Gasteiger charge is -2.11. The van der Waals surface area contributed by atoms with E-state index >= 15 is 0 Å². The lowest BCUT2D eigenvalue weighted by Crippen LogP contribution is -1.95. The second-order valence-corrected chi connectivity index (χ2v) is 4.65. The van der Waals surface area contributed by atoms with Gasteiger partial charge in [0.05, 0.1) is 17.6 Å². The predicted molar refractivity (Wildman–Crippen MR) is 81.0 cm³/mol. The number of aromatic amines is 1. The maximum absolute atomic E-state index is 4.58. The molecule has 96 valence electrons. The zero-order chi connectivity index (χ0) is 13.4. The second-order valence-electron chi connectivity index (χ2n) is 4.65. The van der Waals surface area contributed by atoms with Crippen molar-refractivity contribution in [3.8, 4) is 11.1 Å². The van der Waals surface area contributed by atoms with Gasteiger partial charge >= 0.3 is 0 Å². The molecular weight excluding hydrogens is 248 g/mol. The van der Waals surface area contributed by atoms with Crippen LogP contribution in [-0.2, 0) is 0 Å². The van der Waals surface area contributed by atoms with Gasteiger partial charge in [-0.3, -0.25) is 10.1 Å². The SMILES string of the molecule is C1=Nc2ccccc2Nc2cccc(-c3cn[nH]c3)c21. The van der Waals surface area contributed by atoms with E-state index in [1.807, 2.05) is 48.9 Å². The Hall–Kier alpha value is -2.88. The first-order valence-electron chi connectivity index (χ1n) is 6.44. The lowest BCUT2D eigenvalue weighted by molar-refractivity contribution is 1.09. The average Bonchev–Trinajstić information content (AvgIpc) is 2.94. The predicted octanol–water partition coefficient (Wildman–Crippen LogP) is 3.88. The normalized spacial score (nSPS) is 12.2. The highest BCUT2D eigenvalue weighted by molar-refractivity contribution is 6.01. The minimum Gasteiger partial charge on any atom is -0.353 e. The van der Waals surface area contributed by atoms with Gasteiger partial charge in [-0.1, -0.05) is 24.3 Å². The van der Waals surface area contributed by atoms with Gasteiger partial charge in [-0.05, 0) is 23.8 Å². The van der Waals surface area contributed by atoms with Crippen molar-refractivity contribution in [2.75, 3.05) is 5.32 Å². The van der Waals surface area contributed by atoms with Crippen LogP contribution in [0.15, 0.2) is 59.9 Å². The minimum absolute atomic E-state index is 0.946. The van der Waals surface area contributed by atoms with Gasteiger partial charge in [-0.2, -0.15) is 5.10 Å². The molecule has 0 radical (unpaired) electrons. The van der Waals surface area contributed by atoms with E-state index in [1.54, 1.807) is 0 Å². The molecule has 1 aliphatic rings. The third-order valence-electron chi connectivity index (χ3n) is 3.42. The maximum atomic E-state index is 4.58. The minimum atomic E-state index is 0.946. The van der Waals surface area contributed by atoms with Gasteiger partial charge in [0.15, 0.2) is 0 Å². The molecule has 4 rings (SSSR count). The number of H-pyrrole nitrogens is 1. The third kappa shape index (κ3) is 1.70. The van der Waals surface area contributed by atoms with Crippen LogP contribution in [-0.4, -0.2) is 16.4 Å². The Morgan fingerprint density at radius 1 is 0.900 bits per heavy atom. The zero-order valence-corrected chi connectivity index (χ0v) is 10.7. The number of aromatic nitrogens is 2. The van der Waals surface area contributed by atoms with E-state index in [9.17, 15) is 0 Å². The van der Waals surface area contributed by atoms with Crippen molar-refractivity contribution in [1.29, 1.82) is 0 Å². The Labute approximate surface area is 116 Å². The summed E-state index contributed by atoms with van der Waals surface area (Å²) in [4.78, 5) is 4.58. The molecule has 1 aliphatic heterocycles. The number of hydrogen-bond acceptors (Lipinski definition) is 3. The van der Waals surface area contributed by atoms with Crippen molar-refractivity contribution in [3.05, 3.63) is 60.4 Å². The summed E-state index contributed by atoms with van der Waals surface area (Å²) >= 11 is 0. The number of hydrogen-bond donors (Lipinski definition) is 2. The summed E-state index contributed by atoms with van der Waals surface area (Å²) in [7, 11) is 0. The van der Waals surface area contributed by atoms with Crippen molar-refractivity contribution in [1.82, 2.24) is 10.2 Å². The average molecular weight is 260 g/mol. The number of benzene rings is 2. The Balaban J connectivity index is 1.92. The Bertz CT molecular complexity index is 788. The van der Waals surface area contributed by atoms with Crippen LogP contribution in [0.25, 0.3) is 11.1 Å². The molecule has 0 saturated carbocycles. The van der Waals surface area contributed by atoms with Crippen molar-refractivity contribution >= 4 is 23.3 Å². The molecule has 0 aliphatic carbocycles. The first kappa shape index (κ1) is 11.0. The maximum Gasteiger partial charge on any atom is 0.0864 e. The number of rotatable bonds is 1. The summed E-state index contributed by atoms with van der Waals surface area (Å²) < 4.78 is 0. The summed E-state index contributed by atoms with van der Waals surface area (Å²) in [6, 6.07) is 14.2. The fourth-order valence-electron chi connectivity index (χ4n) is 2.43. The fraction of sp³-hybridized carbons (Fsp3) is 0. The molecule has 3 aromatic rings.